The first-order valence-corrected chi connectivity index (χ1v) is 9.35. The average Bonchev–Trinajstić information content (AvgIpc) is 2.59. The van der Waals surface area contributed by atoms with Crippen molar-refractivity contribution >= 4 is 23.5 Å². The van der Waals surface area contributed by atoms with Crippen molar-refractivity contribution in [3.63, 3.8) is 0 Å². The predicted molar refractivity (Wildman–Crippen MR) is 86.4 cm³/mol. The zero-order valence-electron chi connectivity index (χ0n) is 13.0. The van der Waals surface area contributed by atoms with Gasteiger partial charge >= 0.3 is 0 Å². The lowest BCUT2D eigenvalue weighted by atomic mass is 10.0. The Kier molecular flexibility index (Phi) is 7.59. The van der Waals surface area contributed by atoms with Gasteiger partial charge in [-0.2, -0.15) is 0 Å². The van der Waals surface area contributed by atoms with Crippen molar-refractivity contribution in [3.8, 4) is 0 Å². The van der Waals surface area contributed by atoms with Gasteiger partial charge in [0.25, 0.3) is 0 Å². The fraction of sp³-hybridized carbons (Fsp3) is 1.00. The molecule has 2 aliphatic heterocycles. The van der Waals surface area contributed by atoms with Crippen molar-refractivity contribution in [1.82, 2.24) is 0 Å². The summed E-state index contributed by atoms with van der Waals surface area (Å²) in [6.07, 6.45) is -8.64. The summed E-state index contributed by atoms with van der Waals surface area (Å²) in [7, 11) is 1.30. The summed E-state index contributed by atoms with van der Waals surface area (Å²) < 4.78 is 9.62. The van der Waals surface area contributed by atoms with Crippen molar-refractivity contribution < 1.29 is 45.2 Å². The largest absolute Gasteiger partial charge is 0.395 e. The molecule has 0 aromatic heterocycles. The van der Waals surface area contributed by atoms with Gasteiger partial charge in [-0.05, 0) is 0 Å². The number of methoxy groups -OCH3 is 1. The van der Waals surface area contributed by atoms with Crippen LogP contribution < -0.4 is 0 Å². The quantitative estimate of drug-likeness (QED) is 0.253. The maximum atomic E-state index is 10.3. The molecular formula is C13H24O9S2. The Morgan fingerprint density at radius 3 is 2.12 bits per heavy atom. The number of aliphatic hydroxyl groups is 7. The van der Waals surface area contributed by atoms with Crippen LogP contribution in [0.3, 0.4) is 0 Å². The van der Waals surface area contributed by atoms with Gasteiger partial charge in [-0.1, -0.05) is 0 Å². The minimum Gasteiger partial charge on any atom is -0.395 e. The molecule has 2 fully saturated rings. The lowest BCUT2D eigenvalue weighted by molar-refractivity contribution is -0.259. The van der Waals surface area contributed by atoms with Gasteiger partial charge in [0.15, 0.2) is 6.29 Å². The van der Waals surface area contributed by atoms with Crippen LogP contribution in [0.25, 0.3) is 0 Å². The van der Waals surface area contributed by atoms with E-state index in [1.54, 1.807) is 0 Å². The SMILES string of the molecule is CO[C@H]1O[C@H](CO)[C@@H](S[C@H]2S[C@H](CO)[C@@H](O)[C@H](O)[C@H]2O)[C@H](O)[C@H]1O. The van der Waals surface area contributed by atoms with Gasteiger partial charge in [-0.3, -0.25) is 0 Å². The zero-order chi connectivity index (χ0) is 18.0. The van der Waals surface area contributed by atoms with E-state index >= 15 is 0 Å². The highest BCUT2D eigenvalue weighted by Gasteiger charge is 2.49. The van der Waals surface area contributed by atoms with Gasteiger partial charge < -0.3 is 45.2 Å². The number of rotatable bonds is 5. The van der Waals surface area contributed by atoms with Gasteiger partial charge in [0.05, 0.1) is 46.6 Å². The summed E-state index contributed by atoms with van der Waals surface area (Å²) in [6.45, 7) is -0.836. The molecule has 0 aliphatic carbocycles. The smallest absolute Gasteiger partial charge is 0.186 e. The lowest BCUT2D eigenvalue weighted by Gasteiger charge is -2.45. The van der Waals surface area contributed by atoms with Crippen LogP contribution in [0.1, 0.15) is 0 Å². The van der Waals surface area contributed by atoms with Crippen LogP contribution in [-0.4, -0.2) is 114 Å². The highest BCUT2D eigenvalue weighted by atomic mass is 32.2. The molecule has 0 aromatic rings. The first-order chi connectivity index (χ1) is 11.3. The molecule has 10 atom stereocenters. The van der Waals surface area contributed by atoms with Crippen molar-refractivity contribution in [2.75, 3.05) is 20.3 Å². The molecule has 2 heterocycles. The monoisotopic (exact) mass is 388 g/mol. The summed E-state index contributed by atoms with van der Waals surface area (Å²) in [5.74, 6) is 0. The van der Waals surface area contributed by atoms with Gasteiger partial charge in [0.1, 0.15) is 18.3 Å². The number of ether oxygens (including phenoxy) is 2. The molecule has 2 saturated heterocycles. The number of hydrogen-bond donors (Lipinski definition) is 7. The second kappa shape index (κ2) is 8.82. The van der Waals surface area contributed by atoms with Crippen LogP contribution in [0, 0.1) is 0 Å². The summed E-state index contributed by atoms with van der Waals surface area (Å²) in [5, 5.41) is 67.5. The third kappa shape index (κ3) is 4.01. The maximum absolute atomic E-state index is 10.3. The Balaban J connectivity index is 2.12. The first-order valence-electron chi connectivity index (χ1n) is 7.46. The minimum absolute atomic E-state index is 0.395. The Bertz CT molecular complexity index is 400. The topological polar surface area (TPSA) is 160 Å². The summed E-state index contributed by atoms with van der Waals surface area (Å²) in [6, 6.07) is 0. The number of thioether (sulfide) groups is 2. The zero-order valence-corrected chi connectivity index (χ0v) is 14.6. The van der Waals surface area contributed by atoms with Crippen LogP contribution in [0.2, 0.25) is 0 Å². The summed E-state index contributed by atoms with van der Waals surface area (Å²) in [5.41, 5.74) is 0. The number of aliphatic hydroxyl groups excluding tert-OH is 7. The van der Waals surface area contributed by atoms with E-state index < -0.39 is 71.2 Å². The molecule has 0 saturated carbocycles. The molecule has 0 spiro atoms. The highest BCUT2D eigenvalue weighted by molar-refractivity contribution is 8.17. The fourth-order valence-electron chi connectivity index (χ4n) is 2.75. The van der Waals surface area contributed by atoms with E-state index in [9.17, 15) is 35.7 Å². The molecule has 11 heteroatoms. The van der Waals surface area contributed by atoms with Gasteiger partial charge in [-0.15, -0.1) is 23.5 Å². The van der Waals surface area contributed by atoms with E-state index in [0.29, 0.717) is 0 Å². The normalized spacial score (nSPS) is 50.0. The Hall–Kier alpha value is 0.340. The highest BCUT2D eigenvalue weighted by Crippen LogP contribution is 2.43. The van der Waals surface area contributed by atoms with E-state index in [2.05, 4.69) is 0 Å². The minimum atomic E-state index is -1.45. The van der Waals surface area contributed by atoms with E-state index in [0.717, 1.165) is 23.5 Å². The van der Waals surface area contributed by atoms with Gasteiger partial charge in [-0.25, -0.2) is 0 Å². The van der Waals surface area contributed by atoms with Crippen LogP contribution in [0.15, 0.2) is 0 Å². The molecule has 7 N–H and O–H groups in total. The van der Waals surface area contributed by atoms with Crippen LogP contribution in [-0.2, 0) is 9.47 Å². The van der Waals surface area contributed by atoms with Crippen molar-refractivity contribution in [1.29, 1.82) is 0 Å². The Morgan fingerprint density at radius 1 is 0.917 bits per heavy atom. The maximum Gasteiger partial charge on any atom is 0.186 e. The average molecular weight is 388 g/mol. The molecule has 2 rings (SSSR count). The molecule has 0 unspecified atom stereocenters. The molecular weight excluding hydrogens is 364 g/mol. The Labute approximate surface area is 147 Å². The molecule has 24 heavy (non-hydrogen) atoms. The molecule has 0 bridgehead atoms. The number of hydrogen-bond acceptors (Lipinski definition) is 11. The molecule has 0 aromatic carbocycles. The molecule has 0 amide bonds. The second-order valence-corrected chi connectivity index (χ2v) is 8.75. The molecule has 2 aliphatic rings. The summed E-state index contributed by atoms with van der Waals surface area (Å²) in [4.78, 5) is 0. The second-order valence-electron chi connectivity index (χ2n) is 5.74. The van der Waals surface area contributed by atoms with E-state index in [1.807, 2.05) is 0 Å². The third-order valence-electron chi connectivity index (χ3n) is 4.19. The molecule has 142 valence electrons. The van der Waals surface area contributed by atoms with Crippen molar-refractivity contribution in [2.24, 2.45) is 0 Å². The fourth-order valence-corrected chi connectivity index (χ4v) is 6.17. The van der Waals surface area contributed by atoms with E-state index in [-0.39, 0.29) is 0 Å². The lowest BCUT2D eigenvalue weighted by Crippen LogP contribution is -2.59. The predicted octanol–water partition coefficient (Wildman–Crippen LogP) is -3.31. The van der Waals surface area contributed by atoms with Crippen LogP contribution in [0.5, 0.6) is 0 Å². The van der Waals surface area contributed by atoms with Crippen molar-refractivity contribution in [2.45, 2.75) is 58.0 Å². The third-order valence-corrected chi connectivity index (χ3v) is 7.63. The van der Waals surface area contributed by atoms with Gasteiger partial charge in [0.2, 0.25) is 0 Å². The summed E-state index contributed by atoms with van der Waals surface area (Å²) >= 11 is 2.07. The van der Waals surface area contributed by atoms with Crippen LogP contribution in [0.4, 0.5) is 0 Å². The van der Waals surface area contributed by atoms with Gasteiger partial charge in [0, 0.05) is 7.11 Å². The van der Waals surface area contributed by atoms with Crippen LogP contribution >= 0.6 is 23.5 Å². The van der Waals surface area contributed by atoms with Crippen molar-refractivity contribution in [3.05, 3.63) is 0 Å². The molecule has 0 radical (unpaired) electrons. The van der Waals surface area contributed by atoms with E-state index in [1.165, 1.54) is 7.11 Å². The molecule has 9 nitrogen and oxygen atoms in total. The standard InChI is InChI=1S/C13H24O9S2/c1-21-12-9(19)8(18)11(4(2-14)22-12)24-13-10(20)7(17)6(16)5(3-15)23-13/h4-20H,2-3H2,1H3/t4-,5-,6-,7+,8-,9-,10-,11-,12+,13-/m1/s1. The first kappa shape index (κ1) is 20.6. The van der Waals surface area contributed by atoms with E-state index in [4.69, 9.17) is 9.47 Å². The Morgan fingerprint density at radius 2 is 1.58 bits per heavy atom.